The van der Waals surface area contributed by atoms with E-state index < -0.39 is 0 Å². The molecule has 160 valence electrons. The lowest BCUT2D eigenvalue weighted by molar-refractivity contribution is 0.0949. The quantitative estimate of drug-likeness (QED) is 0.482. The van der Waals surface area contributed by atoms with Crippen LogP contribution in [0.3, 0.4) is 0 Å². The second kappa shape index (κ2) is 11.5. The number of anilines is 1. The summed E-state index contributed by atoms with van der Waals surface area (Å²) in [5.74, 6) is 0.213. The first kappa shape index (κ1) is 22.1. The molecule has 0 atom stereocenters. The molecule has 0 fully saturated rings. The Bertz CT molecular complexity index is 988. The van der Waals surface area contributed by atoms with Crippen molar-refractivity contribution in [2.24, 2.45) is 0 Å². The highest BCUT2D eigenvalue weighted by molar-refractivity contribution is 6.05. The van der Waals surface area contributed by atoms with Crippen molar-refractivity contribution in [2.75, 3.05) is 25.1 Å². The first-order chi connectivity index (χ1) is 15.2. The van der Waals surface area contributed by atoms with Gasteiger partial charge in [-0.25, -0.2) is 0 Å². The number of rotatable bonds is 10. The van der Waals surface area contributed by atoms with Crippen LogP contribution in [0.5, 0.6) is 5.75 Å². The number of carbonyl (C=O) groups is 2. The SMILES string of the molecule is CCOCCOc1ccc(C(=O)Nc2cccc(C(=O)NCc3ccccc3)c2)cc1. The Hall–Kier alpha value is -3.64. The van der Waals surface area contributed by atoms with E-state index in [1.54, 1.807) is 48.5 Å². The zero-order valence-corrected chi connectivity index (χ0v) is 17.5. The molecule has 0 bridgehead atoms. The Morgan fingerprint density at radius 3 is 2.32 bits per heavy atom. The summed E-state index contributed by atoms with van der Waals surface area (Å²) >= 11 is 0. The van der Waals surface area contributed by atoms with Crippen LogP contribution in [0.4, 0.5) is 5.69 Å². The van der Waals surface area contributed by atoms with E-state index in [-0.39, 0.29) is 11.8 Å². The molecule has 0 heterocycles. The minimum absolute atomic E-state index is 0.200. The van der Waals surface area contributed by atoms with E-state index in [0.717, 1.165) is 5.56 Å². The number of nitrogens with one attached hydrogen (secondary N) is 2. The van der Waals surface area contributed by atoms with Crippen molar-refractivity contribution < 1.29 is 19.1 Å². The maximum atomic E-state index is 12.5. The summed E-state index contributed by atoms with van der Waals surface area (Å²) in [4.78, 5) is 25.0. The molecule has 3 rings (SSSR count). The van der Waals surface area contributed by atoms with E-state index in [4.69, 9.17) is 9.47 Å². The maximum Gasteiger partial charge on any atom is 0.255 e. The summed E-state index contributed by atoms with van der Waals surface area (Å²) in [6.45, 7) is 4.00. The third-order valence-corrected chi connectivity index (χ3v) is 4.50. The number of benzene rings is 3. The van der Waals surface area contributed by atoms with Crippen LogP contribution in [0.25, 0.3) is 0 Å². The second-order valence-corrected chi connectivity index (χ2v) is 6.77. The molecule has 6 heteroatoms. The van der Waals surface area contributed by atoms with Crippen LogP contribution >= 0.6 is 0 Å². The minimum atomic E-state index is -0.261. The van der Waals surface area contributed by atoms with Gasteiger partial charge < -0.3 is 20.1 Å². The fourth-order valence-electron chi connectivity index (χ4n) is 2.89. The van der Waals surface area contributed by atoms with Gasteiger partial charge in [0.25, 0.3) is 11.8 Å². The molecule has 0 aromatic heterocycles. The second-order valence-electron chi connectivity index (χ2n) is 6.77. The highest BCUT2D eigenvalue weighted by atomic mass is 16.5. The van der Waals surface area contributed by atoms with Gasteiger partial charge in [0.05, 0.1) is 6.61 Å². The average Bonchev–Trinajstić information content (AvgIpc) is 2.81. The fraction of sp³-hybridized carbons (Fsp3) is 0.200. The van der Waals surface area contributed by atoms with Crippen LogP contribution in [0.2, 0.25) is 0 Å². The van der Waals surface area contributed by atoms with Crippen LogP contribution in [-0.4, -0.2) is 31.6 Å². The van der Waals surface area contributed by atoms with Crippen LogP contribution in [0, 0.1) is 0 Å². The lowest BCUT2D eigenvalue weighted by atomic mass is 10.1. The minimum Gasteiger partial charge on any atom is -0.491 e. The smallest absolute Gasteiger partial charge is 0.255 e. The largest absolute Gasteiger partial charge is 0.491 e. The van der Waals surface area contributed by atoms with Gasteiger partial charge >= 0.3 is 0 Å². The predicted molar refractivity (Wildman–Crippen MR) is 120 cm³/mol. The summed E-state index contributed by atoms with van der Waals surface area (Å²) in [5.41, 5.74) is 2.54. The van der Waals surface area contributed by atoms with Gasteiger partial charge in [-0.15, -0.1) is 0 Å². The Balaban J connectivity index is 1.54. The van der Waals surface area contributed by atoms with Gasteiger partial charge in [-0.3, -0.25) is 9.59 Å². The summed E-state index contributed by atoms with van der Waals surface area (Å²) in [6, 6.07) is 23.4. The van der Waals surface area contributed by atoms with Gasteiger partial charge in [0.1, 0.15) is 12.4 Å². The molecular formula is C25H26N2O4. The average molecular weight is 418 g/mol. The number of ether oxygens (including phenoxy) is 2. The van der Waals surface area contributed by atoms with Crippen molar-refractivity contribution in [1.82, 2.24) is 5.32 Å². The first-order valence-corrected chi connectivity index (χ1v) is 10.2. The molecule has 2 amide bonds. The van der Waals surface area contributed by atoms with Crippen LogP contribution in [-0.2, 0) is 11.3 Å². The van der Waals surface area contributed by atoms with E-state index in [1.807, 2.05) is 37.3 Å². The summed E-state index contributed by atoms with van der Waals surface area (Å²) in [5, 5.41) is 5.71. The maximum absolute atomic E-state index is 12.5. The molecule has 0 radical (unpaired) electrons. The Kier molecular flexibility index (Phi) is 8.20. The molecule has 0 aliphatic carbocycles. The Labute approximate surface area is 182 Å². The van der Waals surface area contributed by atoms with Gasteiger partial charge in [0, 0.05) is 30.0 Å². The third-order valence-electron chi connectivity index (χ3n) is 4.50. The normalized spacial score (nSPS) is 10.4. The van der Waals surface area contributed by atoms with Crippen molar-refractivity contribution >= 4 is 17.5 Å². The molecule has 3 aromatic rings. The predicted octanol–water partition coefficient (Wildman–Crippen LogP) is 4.28. The number of amides is 2. The van der Waals surface area contributed by atoms with Gasteiger partial charge in [0.15, 0.2) is 0 Å². The van der Waals surface area contributed by atoms with Crippen molar-refractivity contribution in [3.8, 4) is 5.75 Å². The van der Waals surface area contributed by atoms with Crippen molar-refractivity contribution in [3.63, 3.8) is 0 Å². The molecule has 0 aliphatic heterocycles. The van der Waals surface area contributed by atoms with E-state index in [2.05, 4.69) is 10.6 Å². The number of hydrogen-bond acceptors (Lipinski definition) is 4. The molecular weight excluding hydrogens is 392 g/mol. The lowest BCUT2D eigenvalue weighted by Gasteiger charge is -2.10. The molecule has 0 unspecified atom stereocenters. The molecule has 0 aliphatic rings. The Morgan fingerprint density at radius 1 is 0.806 bits per heavy atom. The first-order valence-electron chi connectivity index (χ1n) is 10.2. The van der Waals surface area contributed by atoms with Crippen LogP contribution in [0.1, 0.15) is 33.2 Å². The third kappa shape index (κ3) is 6.97. The number of carbonyl (C=O) groups excluding carboxylic acids is 2. The summed E-state index contributed by atoms with van der Waals surface area (Å²) in [6.07, 6.45) is 0. The van der Waals surface area contributed by atoms with E-state index >= 15 is 0 Å². The highest BCUT2D eigenvalue weighted by Gasteiger charge is 2.10. The zero-order valence-electron chi connectivity index (χ0n) is 17.5. The zero-order chi connectivity index (χ0) is 21.9. The van der Waals surface area contributed by atoms with Gasteiger partial charge in [0.2, 0.25) is 0 Å². The Morgan fingerprint density at radius 2 is 1.58 bits per heavy atom. The van der Waals surface area contributed by atoms with Crippen molar-refractivity contribution in [2.45, 2.75) is 13.5 Å². The van der Waals surface area contributed by atoms with E-state index in [9.17, 15) is 9.59 Å². The van der Waals surface area contributed by atoms with Crippen molar-refractivity contribution in [1.29, 1.82) is 0 Å². The molecule has 3 aromatic carbocycles. The van der Waals surface area contributed by atoms with E-state index in [0.29, 0.717) is 48.9 Å². The standard InChI is InChI=1S/C25H26N2O4/c1-2-30-15-16-31-23-13-11-20(12-14-23)25(29)27-22-10-6-9-21(17-22)24(28)26-18-19-7-4-3-5-8-19/h3-14,17H,2,15-16,18H2,1H3,(H,26,28)(H,27,29). The molecule has 0 spiro atoms. The van der Waals surface area contributed by atoms with Crippen LogP contribution in [0.15, 0.2) is 78.9 Å². The molecule has 0 saturated carbocycles. The molecule has 2 N–H and O–H groups in total. The van der Waals surface area contributed by atoms with Gasteiger partial charge in [-0.05, 0) is 55.0 Å². The lowest BCUT2D eigenvalue weighted by Crippen LogP contribution is -2.23. The van der Waals surface area contributed by atoms with E-state index in [1.165, 1.54) is 0 Å². The highest BCUT2D eigenvalue weighted by Crippen LogP contribution is 2.16. The van der Waals surface area contributed by atoms with Gasteiger partial charge in [-0.2, -0.15) is 0 Å². The van der Waals surface area contributed by atoms with Crippen molar-refractivity contribution in [3.05, 3.63) is 95.6 Å². The molecule has 6 nitrogen and oxygen atoms in total. The van der Waals surface area contributed by atoms with Gasteiger partial charge in [-0.1, -0.05) is 36.4 Å². The van der Waals surface area contributed by atoms with Crippen LogP contribution < -0.4 is 15.4 Å². The summed E-state index contributed by atoms with van der Waals surface area (Å²) < 4.78 is 10.8. The molecule has 0 saturated heterocycles. The number of hydrogen-bond donors (Lipinski definition) is 2. The summed E-state index contributed by atoms with van der Waals surface area (Å²) in [7, 11) is 0. The fourth-order valence-corrected chi connectivity index (χ4v) is 2.89. The molecule has 31 heavy (non-hydrogen) atoms. The topological polar surface area (TPSA) is 76.7 Å². The monoisotopic (exact) mass is 418 g/mol.